The number of rotatable bonds is 5. The average molecular weight is 317 g/mol. The molecule has 2 rings (SSSR count). The molecule has 1 unspecified atom stereocenters. The van der Waals surface area contributed by atoms with Gasteiger partial charge in [-0.15, -0.1) is 0 Å². The predicted octanol–water partition coefficient (Wildman–Crippen LogP) is 1.23. The summed E-state index contributed by atoms with van der Waals surface area (Å²) in [5.74, 6) is -2.39. The molecule has 1 aromatic rings. The van der Waals surface area contributed by atoms with E-state index in [1.165, 1.54) is 0 Å². The van der Waals surface area contributed by atoms with Crippen LogP contribution in [0.3, 0.4) is 0 Å². The second kappa shape index (κ2) is 6.50. The smallest absolute Gasteiger partial charge is 0.338 e. The molecule has 1 fully saturated rings. The number of halogens is 1. The first-order chi connectivity index (χ1) is 9.90. The number of benzene rings is 1. The second-order valence-electron chi connectivity index (χ2n) is 4.88. The van der Waals surface area contributed by atoms with Gasteiger partial charge in [-0.25, -0.2) is 22.3 Å². The van der Waals surface area contributed by atoms with Gasteiger partial charge in [-0.2, -0.15) is 0 Å². The number of aromatic carboxylic acids is 1. The molecule has 21 heavy (non-hydrogen) atoms. The Hall–Kier alpha value is -1.51. The zero-order valence-electron chi connectivity index (χ0n) is 11.2. The van der Waals surface area contributed by atoms with Gasteiger partial charge < -0.3 is 9.84 Å². The molecule has 0 amide bonds. The molecule has 1 aromatic carbocycles. The number of carboxylic acids is 1. The zero-order chi connectivity index (χ0) is 15.5. The van der Waals surface area contributed by atoms with E-state index >= 15 is 0 Å². The highest BCUT2D eigenvalue weighted by molar-refractivity contribution is 7.89. The molecule has 0 radical (unpaired) electrons. The zero-order valence-corrected chi connectivity index (χ0v) is 12.0. The van der Waals surface area contributed by atoms with Crippen LogP contribution in [0.2, 0.25) is 0 Å². The van der Waals surface area contributed by atoms with E-state index in [9.17, 15) is 17.6 Å². The van der Waals surface area contributed by atoms with Gasteiger partial charge >= 0.3 is 5.97 Å². The maximum Gasteiger partial charge on any atom is 0.338 e. The maximum atomic E-state index is 13.3. The Morgan fingerprint density at radius 2 is 2.24 bits per heavy atom. The van der Waals surface area contributed by atoms with Crippen molar-refractivity contribution in [2.24, 2.45) is 5.92 Å². The van der Waals surface area contributed by atoms with Crippen LogP contribution in [0.4, 0.5) is 4.39 Å². The van der Waals surface area contributed by atoms with E-state index in [1.54, 1.807) is 0 Å². The molecule has 0 aliphatic carbocycles. The van der Waals surface area contributed by atoms with Gasteiger partial charge in [0.1, 0.15) is 5.82 Å². The van der Waals surface area contributed by atoms with Crippen LogP contribution in [0.5, 0.6) is 0 Å². The lowest BCUT2D eigenvalue weighted by molar-refractivity contribution is 0.0568. The van der Waals surface area contributed by atoms with Crippen molar-refractivity contribution in [3.63, 3.8) is 0 Å². The van der Waals surface area contributed by atoms with Gasteiger partial charge in [-0.3, -0.25) is 0 Å². The summed E-state index contributed by atoms with van der Waals surface area (Å²) in [6.45, 7) is 1.39. The third-order valence-corrected chi connectivity index (χ3v) is 4.72. The lowest BCUT2D eigenvalue weighted by atomic mass is 10.0. The Morgan fingerprint density at radius 1 is 1.48 bits per heavy atom. The first-order valence-electron chi connectivity index (χ1n) is 6.50. The fourth-order valence-electron chi connectivity index (χ4n) is 2.11. The van der Waals surface area contributed by atoms with Crippen LogP contribution in [0, 0.1) is 11.7 Å². The monoisotopic (exact) mass is 317 g/mol. The summed E-state index contributed by atoms with van der Waals surface area (Å²) in [5.41, 5.74) is -0.668. The number of hydrogen-bond acceptors (Lipinski definition) is 4. The SMILES string of the molecule is O=C(O)c1cc(S(=O)(=O)NCC2CCCOC2)ccc1F. The molecule has 116 valence electrons. The van der Waals surface area contributed by atoms with E-state index in [4.69, 9.17) is 9.84 Å². The summed E-state index contributed by atoms with van der Waals surface area (Å²) >= 11 is 0. The van der Waals surface area contributed by atoms with Crippen molar-refractivity contribution in [2.75, 3.05) is 19.8 Å². The van der Waals surface area contributed by atoms with Crippen LogP contribution >= 0.6 is 0 Å². The minimum Gasteiger partial charge on any atom is -0.478 e. The van der Waals surface area contributed by atoms with Crippen molar-refractivity contribution in [3.8, 4) is 0 Å². The number of carbonyl (C=O) groups is 1. The molecule has 6 nitrogen and oxygen atoms in total. The quantitative estimate of drug-likeness (QED) is 0.852. The van der Waals surface area contributed by atoms with Crippen LogP contribution in [0.25, 0.3) is 0 Å². The summed E-state index contributed by atoms with van der Waals surface area (Å²) in [6, 6.07) is 2.70. The van der Waals surface area contributed by atoms with Gasteiger partial charge in [0.05, 0.1) is 17.1 Å². The fraction of sp³-hybridized carbons (Fsp3) is 0.462. The molecular weight excluding hydrogens is 301 g/mol. The van der Waals surface area contributed by atoms with E-state index < -0.39 is 27.4 Å². The Labute approximate surface area is 122 Å². The number of carboxylic acid groups (broad SMARTS) is 1. The van der Waals surface area contributed by atoms with E-state index in [-0.39, 0.29) is 17.4 Å². The summed E-state index contributed by atoms with van der Waals surface area (Å²) < 4.78 is 45.1. The minimum absolute atomic E-state index is 0.0907. The molecule has 0 aromatic heterocycles. The average Bonchev–Trinajstić information content (AvgIpc) is 2.46. The highest BCUT2D eigenvalue weighted by atomic mass is 32.2. The van der Waals surface area contributed by atoms with Crippen molar-refractivity contribution in [3.05, 3.63) is 29.6 Å². The van der Waals surface area contributed by atoms with E-state index in [0.717, 1.165) is 31.0 Å². The van der Waals surface area contributed by atoms with Crippen molar-refractivity contribution in [1.82, 2.24) is 4.72 Å². The van der Waals surface area contributed by atoms with Gasteiger partial charge in [0, 0.05) is 13.2 Å². The normalized spacial score (nSPS) is 19.4. The molecule has 2 N–H and O–H groups in total. The number of nitrogens with one attached hydrogen (secondary N) is 1. The predicted molar refractivity (Wildman–Crippen MR) is 72.1 cm³/mol. The molecule has 1 atom stereocenters. The van der Waals surface area contributed by atoms with Crippen molar-refractivity contribution in [1.29, 1.82) is 0 Å². The van der Waals surface area contributed by atoms with E-state index in [2.05, 4.69) is 4.72 Å². The van der Waals surface area contributed by atoms with Crippen molar-refractivity contribution >= 4 is 16.0 Å². The Bertz CT molecular complexity index is 625. The van der Waals surface area contributed by atoms with Crippen LogP contribution in [-0.2, 0) is 14.8 Å². The summed E-state index contributed by atoms with van der Waals surface area (Å²) in [7, 11) is -3.87. The molecule has 0 spiro atoms. The fourth-order valence-corrected chi connectivity index (χ4v) is 3.26. The Morgan fingerprint density at radius 3 is 2.86 bits per heavy atom. The van der Waals surface area contributed by atoms with Crippen LogP contribution in [-0.4, -0.2) is 39.3 Å². The molecule has 0 bridgehead atoms. The largest absolute Gasteiger partial charge is 0.478 e. The standard InChI is InChI=1S/C13H16FNO5S/c14-12-4-3-10(6-11(12)13(16)17)21(18,19)15-7-9-2-1-5-20-8-9/h3-4,6,9,15H,1-2,5,7-8H2,(H,16,17). The third kappa shape index (κ3) is 3.99. The van der Waals surface area contributed by atoms with Gasteiger partial charge in [-0.05, 0) is 37.0 Å². The summed E-state index contributed by atoms with van der Waals surface area (Å²) in [4.78, 5) is 10.6. The van der Waals surface area contributed by atoms with Crippen molar-refractivity contribution in [2.45, 2.75) is 17.7 Å². The molecular formula is C13H16FNO5S. The molecule has 0 saturated carbocycles. The molecule has 1 aliphatic heterocycles. The number of ether oxygens (including phenoxy) is 1. The van der Waals surface area contributed by atoms with Crippen molar-refractivity contribution < 1.29 is 27.4 Å². The second-order valence-corrected chi connectivity index (χ2v) is 6.65. The van der Waals surface area contributed by atoms with Gasteiger partial charge in [0.15, 0.2) is 0 Å². The highest BCUT2D eigenvalue weighted by Crippen LogP contribution is 2.17. The molecule has 1 aliphatic rings. The van der Waals surface area contributed by atoms with Crippen LogP contribution in [0.15, 0.2) is 23.1 Å². The Kier molecular flexibility index (Phi) is 4.92. The summed E-state index contributed by atoms with van der Waals surface area (Å²) in [5, 5.41) is 8.82. The molecule has 1 saturated heterocycles. The van der Waals surface area contributed by atoms with Crippen LogP contribution < -0.4 is 4.72 Å². The highest BCUT2D eigenvalue weighted by Gasteiger charge is 2.21. The topological polar surface area (TPSA) is 92.7 Å². The number of hydrogen-bond donors (Lipinski definition) is 2. The van der Waals surface area contributed by atoms with E-state index in [1.807, 2.05) is 0 Å². The van der Waals surface area contributed by atoms with Gasteiger partial charge in [-0.1, -0.05) is 0 Å². The maximum absolute atomic E-state index is 13.3. The molecule has 8 heteroatoms. The first kappa shape index (κ1) is 15.9. The summed E-state index contributed by atoms with van der Waals surface area (Å²) in [6.07, 6.45) is 1.75. The lowest BCUT2D eigenvalue weighted by Gasteiger charge is -2.22. The molecule has 1 heterocycles. The van der Waals surface area contributed by atoms with Gasteiger partial charge in [0.25, 0.3) is 0 Å². The minimum atomic E-state index is -3.87. The van der Waals surface area contributed by atoms with Crippen LogP contribution in [0.1, 0.15) is 23.2 Å². The first-order valence-corrected chi connectivity index (χ1v) is 7.99. The lowest BCUT2D eigenvalue weighted by Crippen LogP contribution is -2.33. The Balaban J connectivity index is 2.11. The third-order valence-electron chi connectivity index (χ3n) is 3.30. The number of sulfonamides is 1. The van der Waals surface area contributed by atoms with E-state index in [0.29, 0.717) is 13.2 Å². The van der Waals surface area contributed by atoms with Gasteiger partial charge in [0.2, 0.25) is 10.0 Å².